The Morgan fingerprint density at radius 2 is 2.19 bits per heavy atom. The van der Waals surface area contributed by atoms with Crippen LogP contribution in [0.25, 0.3) is 0 Å². The smallest absolute Gasteiger partial charge is 0.0828 e. The number of nitrogens with one attached hydrogen (secondary N) is 1. The second-order valence-corrected chi connectivity index (χ2v) is 5.01. The van der Waals surface area contributed by atoms with Crippen molar-refractivity contribution in [3.63, 3.8) is 0 Å². The van der Waals surface area contributed by atoms with Gasteiger partial charge in [-0.3, -0.25) is 9.36 Å². The second kappa shape index (κ2) is 7.95. The van der Waals surface area contributed by atoms with Crippen LogP contribution >= 0.6 is 0 Å². The maximum Gasteiger partial charge on any atom is 0.0828 e. The molecule has 0 amide bonds. The molecule has 6 heteroatoms. The van der Waals surface area contributed by atoms with Crippen molar-refractivity contribution >= 4 is 0 Å². The fourth-order valence-corrected chi connectivity index (χ4v) is 2.25. The van der Waals surface area contributed by atoms with Crippen molar-refractivity contribution in [2.45, 2.75) is 39.9 Å². The van der Waals surface area contributed by atoms with Crippen LogP contribution in [0.15, 0.2) is 18.5 Å². The standard InChI is InChI=1S/C15H25N5O/c1-4-14-8-15(20(5-2)18-14)12-19-11-13(10-17-19)9-16-6-7-21-3/h8,10-11,16H,4-7,9,12H2,1-3H3. The molecular formula is C15H25N5O. The molecule has 0 spiro atoms. The summed E-state index contributed by atoms with van der Waals surface area (Å²) in [5.41, 5.74) is 3.53. The van der Waals surface area contributed by atoms with E-state index in [1.165, 1.54) is 11.3 Å². The van der Waals surface area contributed by atoms with Crippen LogP contribution < -0.4 is 5.32 Å². The Bertz CT molecular complexity index is 546. The van der Waals surface area contributed by atoms with Gasteiger partial charge >= 0.3 is 0 Å². The molecule has 1 N–H and O–H groups in total. The molecule has 0 fully saturated rings. The zero-order valence-corrected chi connectivity index (χ0v) is 13.2. The number of methoxy groups -OCH3 is 1. The molecule has 0 aliphatic carbocycles. The van der Waals surface area contributed by atoms with Gasteiger partial charge in [-0.2, -0.15) is 10.2 Å². The summed E-state index contributed by atoms with van der Waals surface area (Å²) < 4.78 is 9.03. The highest BCUT2D eigenvalue weighted by Crippen LogP contribution is 2.08. The number of hydrogen-bond acceptors (Lipinski definition) is 4. The van der Waals surface area contributed by atoms with E-state index in [9.17, 15) is 0 Å². The molecule has 2 aromatic heterocycles. The first-order chi connectivity index (χ1) is 10.3. The summed E-state index contributed by atoms with van der Waals surface area (Å²) in [4.78, 5) is 0. The summed E-state index contributed by atoms with van der Waals surface area (Å²) in [6.07, 6.45) is 4.96. The monoisotopic (exact) mass is 291 g/mol. The molecule has 2 rings (SSSR count). The van der Waals surface area contributed by atoms with Crippen LogP contribution in [-0.4, -0.2) is 39.8 Å². The van der Waals surface area contributed by atoms with Gasteiger partial charge < -0.3 is 10.1 Å². The van der Waals surface area contributed by atoms with Gasteiger partial charge in [0.15, 0.2) is 0 Å². The molecule has 21 heavy (non-hydrogen) atoms. The summed E-state index contributed by atoms with van der Waals surface area (Å²) in [5, 5.41) is 12.3. The molecule has 0 aliphatic rings. The number of ether oxygens (including phenoxy) is 1. The van der Waals surface area contributed by atoms with Crippen LogP contribution in [0.5, 0.6) is 0 Å². The molecule has 116 valence electrons. The normalized spacial score (nSPS) is 11.2. The topological polar surface area (TPSA) is 56.9 Å². The highest BCUT2D eigenvalue weighted by molar-refractivity contribution is 5.12. The largest absolute Gasteiger partial charge is 0.383 e. The molecule has 0 aliphatic heterocycles. The molecule has 2 heterocycles. The predicted octanol–water partition coefficient (Wildman–Crippen LogP) is 1.45. The lowest BCUT2D eigenvalue weighted by Gasteiger charge is -2.04. The summed E-state index contributed by atoms with van der Waals surface area (Å²) in [6, 6.07) is 2.17. The number of aryl methyl sites for hydroxylation is 2. The average Bonchev–Trinajstić information content (AvgIpc) is 3.10. The highest BCUT2D eigenvalue weighted by Gasteiger charge is 2.07. The maximum absolute atomic E-state index is 5.01. The van der Waals surface area contributed by atoms with Gasteiger partial charge in [-0.1, -0.05) is 6.92 Å². The number of hydrogen-bond donors (Lipinski definition) is 1. The molecule has 0 atom stereocenters. The molecule has 0 aromatic carbocycles. The van der Waals surface area contributed by atoms with Crippen molar-refractivity contribution in [1.29, 1.82) is 0 Å². The lowest BCUT2D eigenvalue weighted by Crippen LogP contribution is -2.18. The third kappa shape index (κ3) is 4.41. The van der Waals surface area contributed by atoms with E-state index in [4.69, 9.17) is 4.74 Å². The van der Waals surface area contributed by atoms with E-state index in [1.54, 1.807) is 7.11 Å². The molecule has 6 nitrogen and oxygen atoms in total. The van der Waals surface area contributed by atoms with Crippen LogP contribution in [0, 0.1) is 0 Å². The molecule has 0 radical (unpaired) electrons. The van der Waals surface area contributed by atoms with Gasteiger partial charge in [0.1, 0.15) is 0 Å². The molecular weight excluding hydrogens is 266 g/mol. The minimum Gasteiger partial charge on any atom is -0.383 e. The fourth-order valence-electron chi connectivity index (χ4n) is 2.25. The van der Waals surface area contributed by atoms with E-state index < -0.39 is 0 Å². The maximum atomic E-state index is 5.01. The summed E-state index contributed by atoms with van der Waals surface area (Å²) in [6.45, 7) is 8.29. The van der Waals surface area contributed by atoms with Crippen molar-refractivity contribution in [2.75, 3.05) is 20.3 Å². The number of aromatic nitrogens is 4. The van der Waals surface area contributed by atoms with Crippen molar-refractivity contribution < 1.29 is 4.74 Å². The number of rotatable bonds is 9. The van der Waals surface area contributed by atoms with Crippen LogP contribution in [0.1, 0.15) is 30.8 Å². The van der Waals surface area contributed by atoms with E-state index in [-0.39, 0.29) is 0 Å². The van der Waals surface area contributed by atoms with Crippen molar-refractivity contribution in [3.8, 4) is 0 Å². The van der Waals surface area contributed by atoms with Crippen LogP contribution in [0.3, 0.4) is 0 Å². The third-order valence-corrected chi connectivity index (χ3v) is 3.40. The Morgan fingerprint density at radius 1 is 1.33 bits per heavy atom. The third-order valence-electron chi connectivity index (χ3n) is 3.40. The minimum absolute atomic E-state index is 0.726. The quantitative estimate of drug-likeness (QED) is 0.710. The highest BCUT2D eigenvalue weighted by atomic mass is 16.5. The van der Waals surface area contributed by atoms with Gasteiger partial charge in [0.2, 0.25) is 0 Å². The molecule has 2 aromatic rings. The zero-order valence-electron chi connectivity index (χ0n) is 13.2. The van der Waals surface area contributed by atoms with Crippen LogP contribution in [0.4, 0.5) is 0 Å². The lowest BCUT2D eigenvalue weighted by atomic mass is 10.3. The Morgan fingerprint density at radius 3 is 2.90 bits per heavy atom. The van der Waals surface area contributed by atoms with Crippen LogP contribution in [0.2, 0.25) is 0 Å². The first kappa shape index (κ1) is 15.7. The first-order valence-electron chi connectivity index (χ1n) is 7.53. The van der Waals surface area contributed by atoms with E-state index in [1.807, 2.05) is 10.9 Å². The van der Waals surface area contributed by atoms with Gasteiger partial charge in [0.25, 0.3) is 0 Å². The van der Waals surface area contributed by atoms with Crippen molar-refractivity contribution in [2.24, 2.45) is 0 Å². The molecule has 0 saturated carbocycles. The molecule has 0 saturated heterocycles. The lowest BCUT2D eigenvalue weighted by molar-refractivity contribution is 0.199. The van der Waals surface area contributed by atoms with Gasteiger partial charge in [-0.05, 0) is 19.4 Å². The van der Waals surface area contributed by atoms with E-state index in [0.29, 0.717) is 0 Å². The first-order valence-corrected chi connectivity index (χ1v) is 7.53. The SMILES string of the molecule is CCc1cc(Cn2cc(CNCCOC)cn2)n(CC)n1. The van der Waals surface area contributed by atoms with E-state index >= 15 is 0 Å². The van der Waals surface area contributed by atoms with E-state index in [0.717, 1.165) is 44.9 Å². The molecule has 0 unspecified atom stereocenters. The summed E-state index contributed by atoms with van der Waals surface area (Å²) in [5.74, 6) is 0. The van der Waals surface area contributed by atoms with Gasteiger partial charge in [0.05, 0.1) is 30.7 Å². The van der Waals surface area contributed by atoms with Crippen molar-refractivity contribution in [1.82, 2.24) is 24.9 Å². The predicted molar refractivity (Wildman–Crippen MR) is 82.2 cm³/mol. The van der Waals surface area contributed by atoms with Gasteiger partial charge in [0, 0.05) is 38.5 Å². The van der Waals surface area contributed by atoms with Crippen LogP contribution in [-0.2, 0) is 30.8 Å². The second-order valence-electron chi connectivity index (χ2n) is 5.01. The summed E-state index contributed by atoms with van der Waals surface area (Å²) in [7, 11) is 1.71. The summed E-state index contributed by atoms with van der Waals surface area (Å²) >= 11 is 0. The Labute approximate surface area is 126 Å². The van der Waals surface area contributed by atoms with Gasteiger partial charge in [-0.25, -0.2) is 0 Å². The Kier molecular flexibility index (Phi) is 5.95. The Hall–Kier alpha value is -1.66. The fraction of sp³-hybridized carbons (Fsp3) is 0.600. The minimum atomic E-state index is 0.726. The van der Waals surface area contributed by atoms with Gasteiger partial charge in [-0.15, -0.1) is 0 Å². The molecule has 0 bridgehead atoms. The Balaban J connectivity index is 1.94. The average molecular weight is 291 g/mol. The van der Waals surface area contributed by atoms with Crippen molar-refractivity contribution in [3.05, 3.63) is 35.4 Å². The number of nitrogens with zero attached hydrogens (tertiary/aromatic N) is 4. The zero-order chi connectivity index (χ0) is 15.1. The van der Waals surface area contributed by atoms with E-state index in [2.05, 4.69) is 46.3 Å².